The lowest BCUT2D eigenvalue weighted by Gasteiger charge is -2.34. The van der Waals surface area contributed by atoms with Crippen molar-refractivity contribution in [1.29, 1.82) is 0 Å². The van der Waals surface area contributed by atoms with Crippen LogP contribution in [0.1, 0.15) is 41.0 Å². The third kappa shape index (κ3) is 2.43. The average molecular weight is 328 g/mol. The monoisotopic (exact) mass is 328 g/mol. The zero-order valence-electron chi connectivity index (χ0n) is 14.1. The summed E-state index contributed by atoms with van der Waals surface area (Å²) in [4.78, 5) is 0. The predicted octanol–water partition coefficient (Wildman–Crippen LogP) is 1.32. The molecule has 0 aromatic carbocycles. The predicted molar refractivity (Wildman–Crippen MR) is 76.4 cm³/mol. The highest BCUT2D eigenvalue weighted by molar-refractivity contribution is 5.17. The van der Waals surface area contributed by atoms with Gasteiger partial charge < -0.3 is 28.8 Å². The minimum atomic E-state index is -1.25. The zero-order chi connectivity index (χ0) is 16.7. The summed E-state index contributed by atoms with van der Waals surface area (Å²) in [6, 6.07) is 0. The molecule has 0 aliphatic carbocycles. The highest BCUT2D eigenvalue weighted by Gasteiger charge is 2.70. The topological polar surface area (TPSA) is 91.1 Å². The molecule has 6 atom stereocenters. The lowest BCUT2D eigenvalue weighted by Crippen LogP contribution is -2.53. The van der Waals surface area contributed by atoms with Crippen molar-refractivity contribution in [1.82, 2.24) is 0 Å². The molecule has 0 aromatic rings. The van der Waals surface area contributed by atoms with Crippen LogP contribution in [0.5, 0.6) is 0 Å². The van der Waals surface area contributed by atoms with Crippen molar-refractivity contribution in [2.75, 3.05) is 6.61 Å². The molecule has 0 aromatic heterocycles. The van der Waals surface area contributed by atoms with Gasteiger partial charge in [0.25, 0.3) is 0 Å². The summed E-state index contributed by atoms with van der Waals surface area (Å²) in [5, 5.41) is 18.8. The summed E-state index contributed by atoms with van der Waals surface area (Å²) in [6.45, 7) is 9.40. The lowest BCUT2D eigenvalue weighted by molar-refractivity contribution is -0.229. The van der Waals surface area contributed by atoms with Gasteiger partial charge in [-0.3, -0.25) is 0 Å². The van der Waals surface area contributed by atoms with E-state index in [-0.39, 0.29) is 6.10 Å². The Morgan fingerprint density at radius 2 is 1.65 bits per heavy atom. The summed E-state index contributed by atoms with van der Waals surface area (Å²) >= 11 is 0. The largest absolute Gasteiger partial charge is 0.368 e. The van der Waals surface area contributed by atoms with Gasteiger partial charge in [-0.15, -0.1) is 0 Å². The van der Waals surface area contributed by atoms with E-state index in [1.165, 1.54) is 0 Å². The maximum absolute atomic E-state index is 10.3. The lowest BCUT2D eigenvalue weighted by atomic mass is 9.81. The Bertz CT molecular complexity index is 548. The summed E-state index contributed by atoms with van der Waals surface area (Å²) in [5.41, 5.74) is -2.09. The van der Waals surface area contributed by atoms with Crippen molar-refractivity contribution < 1.29 is 28.8 Å². The number of aliphatic hydroxyl groups is 1. The number of azo groups is 1. The Kier molecular flexibility index (Phi) is 3.10. The average Bonchev–Trinajstić information content (AvgIpc) is 3.06. The van der Waals surface area contributed by atoms with Gasteiger partial charge in [-0.05, 0) is 34.6 Å². The van der Waals surface area contributed by atoms with Crippen LogP contribution in [0.3, 0.4) is 0 Å². The molecule has 0 bridgehead atoms. The van der Waals surface area contributed by atoms with Crippen molar-refractivity contribution in [2.24, 2.45) is 10.2 Å². The number of hydrogen-bond donors (Lipinski definition) is 1. The molecule has 3 fully saturated rings. The SMILES string of the molecule is CC1(C)OC[C@H]([C@H]2O[C@@H]3OC(C)(C)O[C@@H]3[C@@]23C[C@](C)(O)N=N3)O1. The smallest absolute Gasteiger partial charge is 0.190 e. The van der Waals surface area contributed by atoms with Crippen LogP contribution in [-0.4, -0.2) is 59.2 Å². The van der Waals surface area contributed by atoms with Gasteiger partial charge in [0.2, 0.25) is 0 Å². The van der Waals surface area contributed by atoms with Crippen molar-refractivity contribution in [3.8, 4) is 0 Å². The molecule has 8 heteroatoms. The Morgan fingerprint density at radius 3 is 2.22 bits per heavy atom. The molecule has 0 unspecified atom stereocenters. The maximum Gasteiger partial charge on any atom is 0.190 e. The van der Waals surface area contributed by atoms with E-state index in [9.17, 15) is 5.11 Å². The molecule has 0 amide bonds. The van der Waals surface area contributed by atoms with Gasteiger partial charge in [-0.2, -0.15) is 10.2 Å². The Balaban J connectivity index is 1.67. The molecule has 4 aliphatic heterocycles. The molecule has 8 nitrogen and oxygen atoms in total. The quantitative estimate of drug-likeness (QED) is 0.780. The fourth-order valence-corrected chi connectivity index (χ4v) is 3.99. The van der Waals surface area contributed by atoms with Crippen LogP contribution in [0.25, 0.3) is 0 Å². The van der Waals surface area contributed by atoms with Gasteiger partial charge >= 0.3 is 0 Å². The first kappa shape index (κ1) is 15.9. The fourth-order valence-electron chi connectivity index (χ4n) is 3.99. The molecule has 1 spiro atoms. The number of fused-ring (bicyclic) bond motifs is 2. The van der Waals surface area contributed by atoms with E-state index in [1.807, 2.05) is 27.7 Å². The molecule has 0 radical (unpaired) electrons. The van der Waals surface area contributed by atoms with E-state index in [4.69, 9.17) is 23.7 Å². The van der Waals surface area contributed by atoms with E-state index in [0.717, 1.165) is 0 Å². The second kappa shape index (κ2) is 4.50. The Hall–Kier alpha value is -0.640. The van der Waals surface area contributed by atoms with Crippen LogP contribution in [0.15, 0.2) is 10.2 Å². The third-order valence-corrected chi connectivity index (χ3v) is 4.76. The molecule has 4 rings (SSSR count). The number of nitrogens with zero attached hydrogens (tertiary/aromatic N) is 2. The Morgan fingerprint density at radius 1 is 0.913 bits per heavy atom. The zero-order valence-corrected chi connectivity index (χ0v) is 14.1. The van der Waals surface area contributed by atoms with E-state index in [0.29, 0.717) is 13.0 Å². The number of ether oxygens (including phenoxy) is 5. The van der Waals surface area contributed by atoms with Gasteiger partial charge in [0.05, 0.1) is 6.61 Å². The van der Waals surface area contributed by atoms with Gasteiger partial charge in [0.1, 0.15) is 23.9 Å². The van der Waals surface area contributed by atoms with E-state index in [2.05, 4.69) is 10.2 Å². The minimum Gasteiger partial charge on any atom is -0.368 e. The molecule has 4 heterocycles. The van der Waals surface area contributed by atoms with E-state index >= 15 is 0 Å². The molecular weight excluding hydrogens is 304 g/mol. The van der Waals surface area contributed by atoms with E-state index in [1.54, 1.807) is 6.92 Å². The molecule has 23 heavy (non-hydrogen) atoms. The van der Waals surface area contributed by atoms with Crippen LogP contribution in [0, 0.1) is 0 Å². The third-order valence-electron chi connectivity index (χ3n) is 4.76. The van der Waals surface area contributed by atoms with Crippen LogP contribution < -0.4 is 0 Å². The molecule has 4 aliphatic rings. The second-order valence-electron chi connectivity index (χ2n) is 7.93. The highest BCUT2D eigenvalue weighted by Crippen LogP contribution is 2.53. The molecule has 3 saturated heterocycles. The van der Waals surface area contributed by atoms with Gasteiger partial charge in [0, 0.05) is 6.42 Å². The number of hydrogen-bond acceptors (Lipinski definition) is 8. The first-order valence-corrected chi connectivity index (χ1v) is 8.01. The summed E-state index contributed by atoms with van der Waals surface area (Å²) in [6.07, 6.45) is -1.47. The molecular formula is C15H24N2O6. The van der Waals surface area contributed by atoms with E-state index < -0.39 is 41.3 Å². The first-order chi connectivity index (χ1) is 10.5. The summed E-state index contributed by atoms with van der Waals surface area (Å²) in [7, 11) is 0. The van der Waals surface area contributed by atoms with Crippen LogP contribution in [-0.2, 0) is 23.7 Å². The van der Waals surface area contributed by atoms with Crippen LogP contribution in [0.4, 0.5) is 0 Å². The standard InChI is InChI=1S/C15H24N2O6/c1-12(2)19-6-8(21-12)9-15(7-14(5,18)16-17-15)10-11(20-9)23-13(3,4)22-10/h8-11,18H,6-7H2,1-5H3/t8-,9-,10+,11-,14+,15-/m1/s1. The minimum absolute atomic E-state index is 0.297. The van der Waals surface area contributed by atoms with Crippen LogP contribution in [0.2, 0.25) is 0 Å². The van der Waals surface area contributed by atoms with Crippen LogP contribution >= 0.6 is 0 Å². The normalized spacial score (nSPS) is 53.3. The fraction of sp³-hybridized carbons (Fsp3) is 1.00. The van der Waals surface area contributed by atoms with Crippen molar-refractivity contribution in [3.05, 3.63) is 0 Å². The second-order valence-corrected chi connectivity index (χ2v) is 7.93. The highest BCUT2D eigenvalue weighted by atomic mass is 16.8. The summed E-state index contributed by atoms with van der Waals surface area (Å²) < 4.78 is 29.6. The van der Waals surface area contributed by atoms with Gasteiger partial charge in [0.15, 0.2) is 23.6 Å². The molecule has 0 saturated carbocycles. The van der Waals surface area contributed by atoms with Crippen molar-refractivity contribution in [3.63, 3.8) is 0 Å². The summed E-state index contributed by atoms with van der Waals surface area (Å²) in [5.74, 6) is -1.43. The molecule has 1 N–H and O–H groups in total. The maximum atomic E-state index is 10.3. The van der Waals surface area contributed by atoms with Gasteiger partial charge in [-0.1, -0.05) is 0 Å². The first-order valence-electron chi connectivity index (χ1n) is 8.01. The van der Waals surface area contributed by atoms with Gasteiger partial charge in [-0.25, -0.2) is 0 Å². The van der Waals surface area contributed by atoms with Crippen molar-refractivity contribution >= 4 is 0 Å². The molecule has 130 valence electrons. The Labute approximate surface area is 135 Å². The van der Waals surface area contributed by atoms with Crippen molar-refractivity contribution in [2.45, 2.75) is 88.5 Å². The number of rotatable bonds is 1.